The fourth-order valence-electron chi connectivity index (χ4n) is 2.46. The number of rotatable bonds is 2. The van der Waals surface area contributed by atoms with Gasteiger partial charge in [-0.05, 0) is 30.3 Å². The largest absolute Gasteiger partial charge is 0.348 e. The van der Waals surface area contributed by atoms with Gasteiger partial charge in [0.05, 0.1) is 32.1 Å². The van der Waals surface area contributed by atoms with Gasteiger partial charge < -0.3 is 5.32 Å². The molecule has 2 aromatic carbocycles. The summed E-state index contributed by atoms with van der Waals surface area (Å²) < 4.78 is 1.02. The van der Waals surface area contributed by atoms with Gasteiger partial charge in [0.25, 0.3) is 0 Å². The van der Waals surface area contributed by atoms with Gasteiger partial charge in [0, 0.05) is 4.90 Å². The average Bonchev–Trinajstić information content (AvgIpc) is 3.26. The number of aromatic nitrogens is 1. The summed E-state index contributed by atoms with van der Waals surface area (Å²) in [4.78, 5) is 5.57. The molecule has 0 fully saturated rings. The van der Waals surface area contributed by atoms with Gasteiger partial charge in [-0.2, -0.15) is 10.5 Å². The van der Waals surface area contributed by atoms with Crippen molar-refractivity contribution in [3.8, 4) is 12.1 Å². The van der Waals surface area contributed by atoms with Crippen molar-refractivity contribution in [2.75, 3.05) is 5.32 Å². The first-order valence-electron chi connectivity index (χ1n) is 7.44. The van der Waals surface area contributed by atoms with E-state index in [9.17, 15) is 10.5 Å². The van der Waals surface area contributed by atoms with Crippen LogP contribution in [0.25, 0.3) is 15.8 Å². The van der Waals surface area contributed by atoms with E-state index in [0.29, 0.717) is 16.2 Å². The molecule has 0 bridgehead atoms. The van der Waals surface area contributed by atoms with Crippen molar-refractivity contribution < 1.29 is 0 Å². The molecule has 1 aromatic heterocycles. The molecule has 6 heteroatoms. The van der Waals surface area contributed by atoms with Crippen LogP contribution in [0.5, 0.6) is 0 Å². The van der Waals surface area contributed by atoms with Crippen LogP contribution in [0.15, 0.2) is 70.1 Å². The van der Waals surface area contributed by atoms with Crippen molar-refractivity contribution >= 4 is 44.6 Å². The SMILES string of the molecule is N#CC(=CC(C#N)=C1Nc2ccccc2S1)c1nc2ccccc2s1. The first-order valence-corrected chi connectivity index (χ1v) is 9.08. The van der Waals surface area contributed by atoms with E-state index < -0.39 is 0 Å². The number of hydrogen-bond acceptors (Lipinski definition) is 6. The zero-order chi connectivity index (χ0) is 17.2. The van der Waals surface area contributed by atoms with Crippen LogP contribution in [-0.2, 0) is 0 Å². The third-order valence-corrected chi connectivity index (χ3v) is 5.82. The van der Waals surface area contributed by atoms with E-state index in [2.05, 4.69) is 22.4 Å². The van der Waals surface area contributed by atoms with Crippen molar-refractivity contribution in [3.05, 3.63) is 70.2 Å². The summed E-state index contributed by atoms with van der Waals surface area (Å²) in [5.41, 5.74) is 2.65. The maximum atomic E-state index is 9.56. The van der Waals surface area contributed by atoms with Crippen molar-refractivity contribution in [3.63, 3.8) is 0 Å². The summed E-state index contributed by atoms with van der Waals surface area (Å²) in [7, 11) is 0. The molecule has 0 saturated heterocycles. The molecule has 0 saturated carbocycles. The zero-order valence-electron chi connectivity index (χ0n) is 12.9. The third kappa shape index (κ3) is 2.89. The molecule has 118 valence electrons. The van der Waals surface area contributed by atoms with Gasteiger partial charge in [0.15, 0.2) is 0 Å². The number of nitrogens with one attached hydrogen (secondary N) is 1. The minimum Gasteiger partial charge on any atom is -0.348 e. The number of anilines is 1. The molecule has 25 heavy (non-hydrogen) atoms. The Labute approximate surface area is 152 Å². The fraction of sp³-hybridized carbons (Fsp3) is 0. The van der Waals surface area contributed by atoms with Crippen LogP contribution in [-0.4, -0.2) is 4.98 Å². The molecule has 1 aliphatic rings. The second-order valence-corrected chi connectivity index (χ2v) is 7.32. The zero-order valence-corrected chi connectivity index (χ0v) is 14.5. The Morgan fingerprint density at radius 3 is 2.60 bits per heavy atom. The van der Waals surface area contributed by atoms with Crippen molar-refractivity contribution in [2.24, 2.45) is 0 Å². The Morgan fingerprint density at radius 2 is 1.84 bits per heavy atom. The average molecular weight is 358 g/mol. The number of allylic oxidation sites excluding steroid dienone is 3. The highest BCUT2D eigenvalue weighted by Crippen LogP contribution is 2.42. The normalized spacial score (nSPS) is 15.2. The molecule has 2 heterocycles. The quantitative estimate of drug-likeness (QED) is 0.641. The van der Waals surface area contributed by atoms with Crippen LogP contribution in [0.3, 0.4) is 0 Å². The minimum absolute atomic E-state index is 0.392. The van der Waals surface area contributed by atoms with Crippen LogP contribution in [0.4, 0.5) is 5.69 Å². The number of fused-ring (bicyclic) bond motifs is 2. The standard InChI is InChI=1S/C19H10N4S2/c20-10-12(18-22-14-5-1-3-7-16(14)24-18)9-13(11-21)19-23-15-6-2-4-8-17(15)25-19/h1-9,22H. The van der Waals surface area contributed by atoms with Gasteiger partial charge >= 0.3 is 0 Å². The molecular weight excluding hydrogens is 348 g/mol. The number of benzene rings is 2. The van der Waals surface area contributed by atoms with Gasteiger partial charge in [-0.3, -0.25) is 0 Å². The Balaban J connectivity index is 1.75. The maximum Gasteiger partial charge on any atom is 0.135 e. The molecular formula is C19H10N4S2. The molecule has 0 radical (unpaired) electrons. The number of thiazole rings is 1. The van der Waals surface area contributed by atoms with E-state index in [1.165, 1.54) is 23.1 Å². The summed E-state index contributed by atoms with van der Waals surface area (Å²) in [6.45, 7) is 0. The summed E-state index contributed by atoms with van der Waals surface area (Å²) in [6, 6.07) is 20.0. The molecule has 0 amide bonds. The molecule has 1 aliphatic heterocycles. The maximum absolute atomic E-state index is 9.56. The lowest BCUT2D eigenvalue weighted by atomic mass is 10.2. The van der Waals surface area contributed by atoms with E-state index in [-0.39, 0.29) is 0 Å². The van der Waals surface area contributed by atoms with Gasteiger partial charge in [-0.25, -0.2) is 4.98 Å². The van der Waals surface area contributed by atoms with Crippen LogP contribution < -0.4 is 5.32 Å². The highest BCUT2D eigenvalue weighted by molar-refractivity contribution is 8.03. The summed E-state index contributed by atoms with van der Waals surface area (Å²) in [6.07, 6.45) is 1.61. The van der Waals surface area contributed by atoms with Gasteiger partial charge in [-0.15, -0.1) is 11.3 Å². The lowest BCUT2D eigenvalue weighted by molar-refractivity contribution is 1.42. The van der Waals surface area contributed by atoms with Gasteiger partial charge in [-0.1, -0.05) is 36.0 Å². The third-order valence-electron chi connectivity index (χ3n) is 3.65. The van der Waals surface area contributed by atoms with Gasteiger partial charge in [0.2, 0.25) is 0 Å². The lowest BCUT2D eigenvalue weighted by Crippen LogP contribution is -1.93. The Bertz CT molecular complexity index is 1070. The highest BCUT2D eigenvalue weighted by atomic mass is 32.2. The van der Waals surface area contributed by atoms with Crippen molar-refractivity contribution in [1.82, 2.24) is 4.98 Å². The molecule has 1 N–H and O–H groups in total. The smallest absolute Gasteiger partial charge is 0.135 e. The summed E-state index contributed by atoms with van der Waals surface area (Å²) in [5.74, 6) is 0. The molecule has 0 aliphatic carbocycles. The van der Waals surface area contributed by atoms with Crippen LogP contribution in [0, 0.1) is 22.7 Å². The Morgan fingerprint density at radius 1 is 1.04 bits per heavy atom. The molecule has 0 atom stereocenters. The van der Waals surface area contributed by atoms with Crippen molar-refractivity contribution in [2.45, 2.75) is 4.90 Å². The lowest BCUT2D eigenvalue weighted by Gasteiger charge is -2.00. The second-order valence-electron chi connectivity index (χ2n) is 5.23. The first-order chi connectivity index (χ1) is 12.3. The van der Waals surface area contributed by atoms with E-state index >= 15 is 0 Å². The van der Waals surface area contributed by atoms with E-state index in [1.54, 1.807) is 6.08 Å². The number of thioether (sulfide) groups is 1. The van der Waals surface area contributed by atoms with E-state index in [0.717, 1.165) is 25.8 Å². The summed E-state index contributed by atoms with van der Waals surface area (Å²) >= 11 is 2.95. The first kappa shape index (κ1) is 15.5. The predicted molar refractivity (Wildman–Crippen MR) is 102 cm³/mol. The fourth-order valence-corrected chi connectivity index (χ4v) is 4.36. The van der Waals surface area contributed by atoms with Crippen LogP contribution in [0.1, 0.15) is 5.01 Å². The summed E-state index contributed by atoms with van der Waals surface area (Å²) in [5, 5.41) is 23.7. The number of nitrogens with zero attached hydrogens (tertiary/aromatic N) is 3. The molecule has 4 nitrogen and oxygen atoms in total. The molecule has 4 rings (SSSR count). The monoisotopic (exact) mass is 358 g/mol. The van der Waals surface area contributed by atoms with Crippen molar-refractivity contribution in [1.29, 1.82) is 10.5 Å². The molecule has 0 unspecified atom stereocenters. The van der Waals surface area contributed by atoms with Gasteiger partial charge in [0.1, 0.15) is 17.1 Å². The topological polar surface area (TPSA) is 72.5 Å². The second kappa shape index (κ2) is 6.45. The Kier molecular flexibility index (Phi) is 3.99. The molecule has 3 aromatic rings. The Hall–Kier alpha value is -3.06. The predicted octanol–water partition coefficient (Wildman–Crippen LogP) is 5.16. The van der Waals surface area contributed by atoms with E-state index in [1.807, 2.05) is 48.5 Å². The number of nitriles is 2. The minimum atomic E-state index is 0.392. The van der Waals surface area contributed by atoms with Crippen LogP contribution in [0.2, 0.25) is 0 Å². The van der Waals surface area contributed by atoms with Crippen LogP contribution >= 0.6 is 23.1 Å². The van der Waals surface area contributed by atoms with E-state index in [4.69, 9.17) is 0 Å². The molecule has 0 spiro atoms. The number of para-hydroxylation sites is 2. The number of hydrogen-bond donors (Lipinski definition) is 1. The highest BCUT2D eigenvalue weighted by Gasteiger charge is 2.19.